The van der Waals surface area contributed by atoms with Crippen LogP contribution in [0.25, 0.3) is 0 Å². The van der Waals surface area contributed by atoms with E-state index in [-0.39, 0.29) is 10.8 Å². The maximum Gasteiger partial charge on any atom is 0.364 e. The topological polar surface area (TPSA) is 127 Å². The van der Waals surface area contributed by atoms with E-state index in [1.807, 2.05) is 4.98 Å². The minimum absolute atomic E-state index is 0.0106. The molecule has 4 N–H and O–H groups in total. The van der Waals surface area contributed by atoms with E-state index in [9.17, 15) is 14.4 Å². The fourth-order valence-corrected chi connectivity index (χ4v) is 1.36. The Balaban J connectivity index is 0.000000191. The van der Waals surface area contributed by atoms with Crippen LogP contribution in [0, 0.1) is 0 Å². The standard InChI is InChI=1S/C4H3BrN2O2.C4H3Cl2N3O/c5-2-1-6-4(9)7-3(2)8;5-2-1-9(6)4(10)8-3(2)7/h1H,(H2,6,7,8,9);1H,(H2,7,8,10). The number of nitrogen functional groups attached to an aromatic ring is 1. The highest BCUT2D eigenvalue weighted by Gasteiger charge is 1.99. The van der Waals surface area contributed by atoms with Crippen LogP contribution in [0.5, 0.6) is 0 Å². The zero-order chi connectivity index (χ0) is 14.6. The first-order valence-corrected chi connectivity index (χ1v) is 6.00. The number of nitrogens with zero attached hydrogens (tertiary/aromatic N) is 2. The number of halogens is 3. The van der Waals surface area contributed by atoms with Crippen LogP contribution in [0.3, 0.4) is 0 Å². The Hall–Kier alpha value is -1.58. The average molecular weight is 371 g/mol. The van der Waals surface area contributed by atoms with Crippen molar-refractivity contribution in [3.8, 4) is 0 Å². The molecule has 2 rings (SSSR count). The lowest BCUT2D eigenvalue weighted by Gasteiger charge is -1.95. The second-order valence-electron chi connectivity index (χ2n) is 2.99. The largest absolute Gasteiger partial charge is 0.382 e. The van der Waals surface area contributed by atoms with Gasteiger partial charge in [0, 0.05) is 24.2 Å². The van der Waals surface area contributed by atoms with Crippen LogP contribution in [0.4, 0.5) is 5.82 Å². The summed E-state index contributed by atoms with van der Waals surface area (Å²) in [6.07, 6.45) is 2.48. The highest BCUT2D eigenvalue weighted by atomic mass is 79.9. The molecule has 0 saturated heterocycles. The van der Waals surface area contributed by atoms with E-state index in [0.29, 0.717) is 4.47 Å². The Kier molecular flexibility index (Phi) is 5.33. The molecule has 0 aliphatic rings. The normalized spacial score (nSPS) is 9.63. The van der Waals surface area contributed by atoms with Crippen molar-refractivity contribution in [2.75, 3.05) is 5.73 Å². The second-order valence-corrected chi connectivity index (χ2v) is 4.61. The first-order chi connectivity index (χ1) is 8.81. The summed E-state index contributed by atoms with van der Waals surface area (Å²) in [6, 6.07) is 0. The van der Waals surface area contributed by atoms with Crippen LogP contribution < -0.4 is 22.7 Å². The van der Waals surface area contributed by atoms with Gasteiger partial charge in [-0.25, -0.2) is 13.7 Å². The molecule has 102 valence electrons. The molecular formula is C8H6BrCl2N5O3. The van der Waals surface area contributed by atoms with Crippen molar-refractivity contribution in [3.63, 3.8) is 0 Å². The summed E-state index contributed by atoms with van der Waals surface area (Å²) >= 11 is 13.7. The van der Waals surface area contributed by atoms with Gasteiger partial charge in [0.15, 0.2) is 0 Å². The Labute approximate surface area is 123 Å². The van der Waals surface area contributed by atoms with E-state index in [0.717, 1.165) is 4.09 Å². The fraction of sp³-hybridized carbons (Fsp3) is 0. The summed E-state index contributed by atoms with van der Waals surface area (Å²) in [7, 11) is 0. The monoisotopic (exact) mass is 369 g/mol. The predicted octanol–water partition coefficient (Wildman–Crippen LogP) is 0.306. The van der Waals surface area contributed by atoms with Crippen LogP contribution in [0.2, 0.25) is 5.02 Å². The summed E-state index contributed by atoms with van der Waals surface area (Å²) in [6.45, 7) is 0. The minimum atomic E-state index is -0.636. The molecule has 0 unspecified atom stereocenters. The van der Waals surface area contributed by atoms with Crippen molar-refractivity contribution in [1.29, 1.82) is 0 Å². The maximum absolute atomic E-state index is 10.6. The number of H-pyrrole nitrogens is 2. The van der Waals surface area contributed by atoms with Crippen molar-refractivity contribution in [2.45, 2.75) is 0 Å². The van der Waals surface area contributed by atoms with Gasteiger partial charge in [-0.1, -0.05) is 11.6 Å². The van der Waals surface area contributed by atoms with Gasteiger partial charge in [0.2, 0.25) is 0 Å². The van der Waals surface area contributed by atoms with Crippen LogP contribution >= 0.6 is 39.3 Å². The number of hydrogen-bond acceptors (Lipinski definition) is 5. The summed E-state index contributed by atoms with van der Waals surface area (Å²) in [5.74, 6) is -0.0106. The maximum atomic E-state index is 10.6. The number of nitrogens with one attached hydrogen (secondary N) is 2. The Morgan fingerprint density at radius 3 is 2.47 bits per heavy atom. The van der Waals surface area contributed by atoms with Crippen LogP contribution in [-0.4, -0.2) is 19.0 Å². The lowest BCUT2D eigenvalue weighted by atomic mass is 10.6. The molecule has 0 bridgehead atoms. The van der Waals surface area contributed by atoms with Crippen molar-refractivity contribution in [1.82, 2.24) is 19.0 Å². The molecule has 2 aromatic heterocycles. The number of aromatic nitrogens is 4. The van der Waals surface area contributed by atoms with Gasteiger partial charge in [-0.2, -0.15) is 4.98 Å². The quantitative estimate of drug-likeness (QED) is 0.614. The molecule has 0 aromatic carbocycles. The van der Waals surface area contributed by atoms with Gasteiger partial charge in [-0.3, -0.25) is 9.78 Å². The van der Waals surface area contributed by atoms with Crippen molar-refractivity contribution < 1.29 is 0 Å². The molecule has 0 atom stereocenters. The molecule has 11 heteroatoms. The molecule has 0 spiro atoms. The molecular weight excluding hydrogens is 365 g/mol. The first-order valence-electron chi connectivity index (χ1n) is 4.49. The van der Waals surface area contributed by atoms with Gasteiger partial charge >= 0.3 is 11.4 Å². The smallest absolute Gasteiger partial charge is 0.364 e. The van der Waals surface area contributed by atoms with Gasteiger partial charge in [0.05, 0.1) is 4.47 Å². The highest BCUT2D eigenvalue weighted by Crippen LogP contribution is 2.11. The summed E-state index contributed by atoms with van der Waals surface area (Å²) in [5, 5.41) is 0.162. The molecule has 19 heavy (non-hydrogen) atoms. The van der Waals surface area contributed by atoms with Crippen molar-refractivity contribution in [3.05, 3.63) is 53.2 Å². The first kappa shape index (κ1) is 15.5. The van der Waals surface area contributed by atoms with E-state index in [1.165, 1.54) is 12.4 Å². The zero-order valence-corrected chi connectivity index (χ0v) is 12.1. The van der Waals surface area contributed by atoms with Gasteiger partial charge in [-0.15, -0.1) is 0 Å². The van der Waals surface area contributed by atoms with E-state index >= 15 is 0 Å². The Morgan fingerprint density at radius 1 is 1.37 bits per heavy atom. The van der Waals surface area contributed by atoms with Crippen molar-refractivity contribution in [2.24, 2.45) is 0 Å². The number of nitrogens with two attached hydrogens (primary N) is 1. The zero-order valence-electron chi connectivity index (χ0n) is 8.99. The molecule has 8 nitrogen and oxygen atoms in total. The fourth-order valence-electron chi connectivity index (χ4n) is 0.818. The van der Waals surface area contributed by atoms with Crippen LogP contribution in [0.15, 0.2) is 31.3 Å². The Morgan fingerprint density at radius 2 is 2.00 bits per heavy atom. The van der Waals surface area contributed by atoms with Crippen LogP contribution in [-0.2, 0) is 0 Å². The molecule has 2 aromatic rings. The Bertz CT molecular complexity index is 753. The van der Waals surface area contributed by atoms with Gasteiger partial charge in [-0.05, 0) is 15.9 Å². The van der Waals surface area contributed by atoms with E-state index < -0.39 is 16.9 Å². The lowest BCUT2D eigenvalue weighted by Crippen LogP contribution is -2.21. The van der Waals surface area contributed by atoms with E-state index in [4.69, 9.17) is 29.1 Å². The minimum Gasteiger partial charge on any atom is -0.382 e. The molecule has 0 aliphatic heterocycles. The molecule has 0 radical (unpaired) electrons. The number of hydrogen-bond donors (Lipinski definition) is 3. The molecule has 0 saturated carbocycles. The SMILES string of the molecule is Nc1nc(=O)n(Cl)cc1Cl.O=c1[nH]cc(Br)c(=O)[nH]1. The average Bonchev–Trinajstić information content (AvgIpc) is 2.33. The molecule has 0 amide bonds. The third-order valence-corrected chi connectivity index (χ3v) is 2.77. The molecule has 0 aliphatic carbocycles. The summed E-state index contributed by atoms with van der Waals surface area (Å²) in [4.78, 5) is 39.0. The number of aromatic amines is 2. The summed E-state index contributed by atoms with van der Waals surface area (Å²) in [5.41, 5.74) is 3.62. The highest BCUT2D eigenvalue weighted by molar-refractivity contribution is 9.10. The van der Waals surface area contributed by atoms with Gasteiger partial charge in [0.1, 0.15) is 10.8 Å². The predicted molar refractivity (Wildman–Crippen MR) is 74.6 cm³/mol. The van der Waals surface area contributed by atoms with Gasteiger partial charge in [0.25, 0.3) is 5.56 Å². The lowest BCUT2D eigenvalue weighted by molar-refractivity contribution is 1.02. The van der Waals surface area contributed by atoms with E-state index in [1.54, 1.807) is 0 Å². The third-order valence-electron chi connectivity index (χ3n) is 1.64. The van der Waals surface area contributed by atoms with Crippen molar-refractivity contribution >= 4 is 45.1 Å². The molecule has 2 heterocycles. The number of rotatable bonds is 0. The third kappa shape index (κ3) is 4.54. The van der Waals surface area contributed by atoms with E-state index in [2.05, 4.69) is 25.9 Å². The summed E-state index contributed by atoms with van der Waals surface area (Å²) < 4.78 is 1.06. The van der Waals surface area contributed by atoms with Gasteiger partial charge < -0.3 is 10.7 Å². The van der Waals surface area contributed by atoms with Crippen LogP contribution in [0.1, 0.15) is 0 Å². The molecule has 0 fully saturated rings. The number of anilines is 1. The second kappa shape index (κ2) is 6.55.